The number of esters is 1. The zero-order valence-electron chi connectivity index (χ0n) is 18.7. The molecule has 1 fully saturated rings. The van der Waals surface area contributed by atoms with Crippen molar-refractivity contribution in [1.82, 2.24) is 9.29 Å². The van der Waals surface area contributed by atoms with Crippen molar-refractivity contribution in [3.8, 4) is 11.3 Å². The molecule has 4 rings (SSSR count). The van der Waals surface area contributed by atoms with Crippen LogP contribution in [-0.4, -0.2) is 62.5 Å². The molecule has 1 aromatic heterocycles. The maximum absolute atomic E-state index is 13.0. The van der Waals surface area contributed by atoms with E-state index in [4.69, 9.17) is 9.47 Å². The van der Waals surface area contributed by atoms with Gasteiger partial charge in [0.15, 0.2) is 11.7 Å². The summed E-state index contributed by atoms with van der Waals surface area (Å²) in [6, 6.07) is 12.0. The van der Waals surface area contributed by atoms with E-state index in [9.17, 15) is 18.0 Å². The summed E-state index contributed by atoms with van der Waals surface area (Å²) >= 11 is 4.50. The first-order chi connectivity index (χ1) is 16.7. The molecule has 1 amide bonds. The molecule has 12 heteroatoms. The number of benzene rings is 2. The number of aromatic nitrogens is 1. The molecule has 0 bridgehead atoms. The lowest BCUT2D eigenvalue weighted by Gasteiger charge is -2.26. The normalized spacial score (nSPS) is 14.5. The molecule has 0 radical (unpaired) electrons. The Morgan fingerprint density at radius 3 is 2.60 bits per heavy atom. The Kier molecular flexibility index (Phi) is 7.97. The van der Waals surface area contributed by atoms with Crippen LogP contribution in [0.4, 0.5) is 5.13 Å². The summed E-state index contributed by atoms with van der Waals surface area (Å²) in [6.45, 7) is 2.52. The number of thiazole rings is 1. The van der Waals surface area contributed by atoms with Gasteiger partial charge in [0.05, 0.1) is 29.4 Å². The van der Waals surface area contributed by atoms with Gasteiger partial charge in [-0.15, -0.1) is 11.3 Å². The van der Waals surface area contributed by atoms with E-state index in [1.807, 2.05) is 36.6 Å². The largest absolute Gasteiger partial charge is 0.452 e. The van der Waals surface area contributed by atoms with Crippen LogP contribution in [0.2, 0.25) is 0 Å². The van der Waals surface area contributed by atoms with E-state index in [-0.39, 0.29) is 23.5 Å². The fourth-order valence-corrected chi connectivity index (χ4v) is 6.41. The molecule has 3 aromatic rings. The Bertz CT molecular complexity index is 1340. The van der Waals surface area contributed by atoms with Gasteiger partial charge in [0, 0.05) is 28.5 Å². The standard InChI is InChI=1S/C23H22BrN3O6S2/c1-15-2-4-16(5-3-15)19-14-34-23(25-19)26-21(28)13-33-22(29)17-6-7-18(24)20(12-17)35(30,31)27-8-10-32-11-9-27/h2-7,12,14H,8-11,13H2,1H3,(H,25,26,28). The zero-order chi connectivity index (χ0) is 25.0. The van der Waals surface area contributed by atoms with Gasteiger partial charge in [0.1, 0.15) is 0 Å². The Balaban J connectivity index is 1.37. The smallest absolute Gasteiger partial charge is 0.338 e. The first kappa shape index (κ1) is 25.5. The van der Waals surface area contributed by atoms with Crippen molar-refractivity contribution in [3.63, 3.8) is 0 Å². The topological polar surface area (TPSA) is 115 Å². The second kappa shape index (κ2) is 11.0. The number of halogens is 1. The van der Waals surface area contributed by atoms with Crippen LogP contribution in [0, 0.1) is 6.92 Å². The molecular weight excluding hydrogens is 558 g/mol. The maximum atomic E-state index is 13.0. The number of hydrogen-bond donors (Lipinski definition) is 1. The van der Waals surface area contributed by atoms with E-state index in [0.717, 1.165) is 16.8 Å². The molecule has 1 saturated heterocycles. The summed E-state index contributed by atoms with van der Waals surface area (Å²) in [4.78, 5) is 29.1. The minimum Gasteiger partial charge on any atom is -0.452 e. The molecule has 184 valence electrons. The number of aryl methyl sites for hydroxylation is 1. The van der Waals surface area contributed by atoms with E-state index in [0.29, 0.717) is 22.8 Å². The first-order valence-electron chi connectivity index (χ1n) is 10.6. The van der Waals surface area contributed by atoms with Crippen molar-refractivity contribution in [2.75, 3.05) is 38.2 Å². The quantitative estimate of drug-likeness (QED) is 0.424. The Morgan fingerprint density at radius 1 is 1.17 bits per heavy atom. The van der Waals surface area contributed by atoms with Crippen molar-refractivity contribution >= 4 is 54.3 Å². The van der Waals surface area contributed by atoms with E-state index < -0.39 is 28.5 Å². The van der Waals surface area contributed by atoms with Crippen molar-refractivity contribution in [2.45, 2.75) is 11.8 Å². The summed E-state index contributed by atoms with van der Waals surface area (Å²) in [5, 5.41) is 4.81. The molecule has 1 aliphatic heterocycles. The third kappa shape index (κ3) is 6.14. The first-order valence-corrected chi connectivity index (χ1v) is 13.7. The van der Waals surface area contributed by atoms with Crippen LogP contribution in [0.3, 0.4) is 0 Å². The molecular formula is C23H22BrN3O6S2. The summed E-state index contributed by atoms with van der Waals surface area (Å²) in [6.07, 6.45) is 0. The predicted octanol–water partition coefficient (Wildman–Crippen LogP) is 3.70. The lowest BCUT2D eigenvalue weighted by atomic mass is 10.1. The zero-order valence-corrected chi connectivity index (χ0v) is 21.9. The number of ether oxygens (including phenoxy) is 2. The van der Waals surface area contributed by atoms with E-state index in [2.05, 4.69) is 26.2 Å². The minimum absolute atomic E-state index is 0.0174. The third-order valence-electron chi connectivity index (χ3n) is 5.19. The van der Waals surface area contributed by atoms with E-state index in [1.54, 1.807) is 0 Å². The van der Waals surface area contributed by atoms with Crippen LogP contribution < -0.4 is 5.32 Å². The average Bonchev–Trinajstić information content (AvgIpc) is 3.32. The van der Waals surface area contributed by atoms with E-state index >= 15 is 0 Å². The van der Waals surface area contributed by atoms with Gasteiger partial charge < -0.3 is 9.47 Å². The number of carbonyl (C=O) groups excluding carboxylic acids is 2. The highest BCUT2D eigenvalue weighted by Gasteiger charge is 2.29. The van der Waals surface area contributed by atoms with Crippen molar-refractivity contribution in [3.05, 3.63) is 63.4 Å². The molecule has 1 N–H and O–H groups in total. The number of nitrogens with zero attached hydrogens (tertiary/aromatic N) is 2. The lowest BCUT2D eigenvalue weighted by molar-refractivity contribution is -0.119. The molecule has 0 unspecified atom stereocenters. The summed E-state index contributed by atoms with van der Waals surface area (Å²) < 4.78 is 37.9. The summed E-state index contributed by atoms with van der Waals surface area (Å²) in [5.74, 6) is -1.37. The maximum Gasteiger partial charge on any atom is 0.338 e. The van der Waals surface area contributed by atoms with Crippen LogP contribution in [-0.2, 0) is 24.3 Å². The molecule has 1 aliphatic rings. The molecule has 9 nitrogen and oxygen atoms in total. The molecule has 2 heterocycles. The fourth-order valence-electron chi connectivity index (χ4n) is 3.31. The Morgan fingerprint density at radius 2 is 1.89 bits per heavy atom. The Hall–Kier alpha value is -2.64. The van der Waals surface area contributed by atoms with Crippen LogP contribution >= 0.6 is 27.3 Å². The number of hydrogen-bond acceptors (Lipinski definition) is 8. The van der Waals surface area contributed by atoms with Crippen molar-refractivity contribution in [2.24, 2.45) is 0 Å². The number of rotatable bonds is 7. The van der Waals surface area contributed by atoms with E-state index in [1.165, 1.54) is 33.8 Å². The molecule has 0 aliphatic carbocycles. The number of amides is 1. The van der Waals surface area contributed by atoms with Crippen LogP contribution in [0.1, 0.15) is 15.9 Å². The van der Waals surface area contributed by atoms with Gasteiger partial charge in [-0.05, 0) is 41.1 Å². The highest BCUT2D eigenvalue weighted by atomic mass is 79.9. The van der Waals surface area contributed by atoms with Gasteiger partial charge in [0.2, 0.25) is 10.0 Å². The lowest BCUT2D eigenvalue weighted by Crippen LogP contribution is -2.40. The number of carbonyl (C=O) groups is 2. The highest BCUT2D eigenvalue weighted by molar-refractivity contribution is 9.10. The number of anilines is 1. The van der Waals surface area contributed by atoms with Gasteiger partial charge in [-0.1, -0.05) is 29.8 Å². The number of morpholine rings is 1. The Labute approximate surface area is 215 Å². The van der Waals surface area contributed by atoms with Gasteiger partial charge >= 0.3 is 5.97 Å². The molecule has 2 aromatic carbocycles. The van der Waals surface area contributed by atoms with Crippen LogP contribution in [0.5, 0.6) is 0 Å². The molecule has 0 saturated carbocycles. The summed E-state index contributed by atoms with van der Waals surface area (Å²) in [5.41, 5.74) is 2.81. The van der Waals surface area contributed by atoms with Gasteiger partial charge in [-0.3, -0.25) is 10.1 Å². The number of nitrogens with one attached hydrogen (secondary N) is 1. The van der Waals surface area contributed by atoms with Crippen molar-refractivity contribution in [1.29, 1.82) is 0 Å². The summed E-state index contributed by atoms with van der Waals surface area (Å²) in [7, 11) is -3.83. The average molecular weight is 580 g/mol. The molecule has 0 spiro atoms. The molecule has 0 atom stereocenters. The van der Waals surface area contributed by atoms with Gasteiger partial charge in [-0.2, -0.15) is 4.31 Å². The van der Waals surface area contributed by atoms with Crippen LogP contribution in [0.15, 0.2) is 57.2 Å². The monoisotopic (exact) mass is 579 g/mol. The highest BCUT2D eigenvalue weighted by Crippen LogP contribution is 2.28. The third-order valence-corrected chi connectivity index (χ3v) is 8.84. The fraction of sp³-hybridized carbons (Fsp3) is 0.261. The van der Waals surface area contributed by atoms with Gasteiger partial charge in [0.25, 0.3) is 5.91 Å². The second-order valence-electron chi connectivity index (χ2n) is 7.69. The predicted molar refractivity (Wildman–Crippen MR) is 135 cm³/mol. The van der Waals surface area contributed by atoms with Gasteiger partial charge in [-0.25, -0.2) is 18.2 Å². The second-order valence-corrected chi connectivity index (χ2v) is 11.3. The SMILES string of the molecule is Cc1ccc(-c2csc(NC(=O)COC(=O)c3ccc(Br)c(S(=O)(=O)N4CCOCC4)c3)n2)cc1. The van der Waals surface area contributed by atoms with Crippen LogP contribution in [0.25, 0.3) is 11.3 Å². The number of sulfonamides is 1. The molecule has 35 heavy (non-hydrogen) atoms. The minimum atomic E-state index is -3.83. The van der Waals surface area contributed by atoms with Crippen molar-refractivity contribution < 1.29 is 27.5 Å².